The predicted octanol–water partition coefficient (Wildman–Crippen LogP) is 2.10. The van der Waals surface area contributed by atoms with Crippen molar-refractivity contribution in [2.24, 2.45) is 0 Å². The summed E-state index contributed by atoms with van der Waals surface area (Å²) < 4.78 is 23.7. The minimum Gasteiger partial charge on any atom is -0.312 e. The van der Waals surface area contributed by atoms with E-state index < -0.39 is 14.6 Å². The van der Waals surface area contributed by atoms with E-state index in [1.165, 1.54) is 24.7 Å². The number of benzene rings is 1. The van der Waals surface area contributed by atoms with Gasteiger partial charge in [0.05, 0.1) is 4.75 Å². The number of hydrogen-bond acceptors (Lipinski definition) is 3. The van der Waals surface area contributed by atoms with Crippen LogP contribution in [0.25, 0.3) is 0 Å². The molecule has 2 aliphatic rings. The molecule has 0 heterocycles. The van der Waals surface area contributed by atoms with Crippen LogP contribution in [-0.4, -0.2) is 32.0 Å². The average molecular weight is 279 g/mol. The molecule has 3 rings (SSSR count). The van der Waals surface area contributed by atoms with Gasteiger partial charge in [-0.1, -0.05) is 30.3 Å². The summed E-state index contributed by atoms with van der Waals surface area (Å²) in [5.41, 5.74) is 1.27. The van der Waals surface area contributed by atoms with E-state index in [0.717, 1.165) is 12.8 Å². The van der Waals surface area contributed by atoms with E-state index >= 15 is 0 Å². The smallest absolute Gasteiger partial charge is 0.154 e. The summed E-state index contributed by atoms with van der Waals surface area (Å²) in [5, 5.41) is 3.40. The van der Waals surface area contributed by atoms with Crippen LogP contribution in [0.15, 0.2) is 30.3 Å². The molecule has 0 bridgehead atoms. The van der Waals surface area contributed by atoms with E-state index in [1.807, 2.05) is 18.2 Å². The number of sulfone groups is 1. The molecular weight excluding hydrogens is 258 g/mol. The van der Waals surface area contributed by atoms with E-state index in [1.54, 1.807) is 0 Å². The van der Waals surface area contributed by atoms with E-state index in [2.05, 4.69) is 17.4 Å². The molecule has 2 saturated carbocycles. The standard InChI is InChI=1S/C15H21NO2S/c1-19(17,18)15(11-16-14-7-8-14)9-13(10-15)12-5-3-2-4-6-12/h2-6,13-14,16H,7-11H2,1H3. The molecule has 0 radical (unpaired) electrons. The first-order valence-electron chi connectivity index (χ1n) is 6.98. The van der Waals surface area contributed by atoms with Crippen molar-refractivity contribution in [1.29, 1.82) is 0 Å². The van der Waals surface area contributed by atoms with Crippen molar-refractivity contribution in [1.82, 2.24) is 5.32 Å². The average Bonchev–Trinajstić information content (AvgIpc) is 3.11. The highest BCUT2D eigenvalue weighted by molar-refractivity contribution is 7.92. The van der Waals surface area contributed by atoms with Gasteiger partial charge < -0.3 is 5.32 Å². The molecule has 0 spiro atoms. The normalized spacial score (nSPS) is 30.9. The van der Waals surface area contributed by atoms with Crippen LogP contribution in [0.2, 0.25) is 0 Å². The fourth-order valence-electron chi connectivity index (χ4n) is 3.00. The Kier molecular flexibility index (Phi) is 3.18. The van der Waals surface area contributed by atoms with Crippen LogP contribution >= 0.6 is 0 Å². The lowest BCUT2D eigenvalue weighted by Crippen LogP contribution is -2.55. The third kappa shape index (κ3) is 2.56. The molecule has 4 heteroatoms. The number of rotatable bonds is 5. The topological polar surface area (TPSA) is 46.2 Å². The first-order valence-corrected chi connectivity index (χ1v) is 8.87. The van der Waals surface area contributed by atoms with Crippen molar-refractivity contribution in [3.05, 3.63) is 35.9 Å². The lowest BCUT2D eigenvalue weighted by molar-refractivity contribution is 0.277. The summed E-state index contributed by atoms with van der Waals surface area (Å²) in [7, 11) is -3.00. The summed E-state index contributed by atoms with van der Waals surface area (Å²) in [6.45, 7) is 0.625. The molecule has 0 aliphatic heterocycles. The quantitative estimate of drug-likeness (QED) is 0.898. The van der Waals surface area contributed by atoms with Gasteiger partial charge in [-0.15, -0.1) is 0 Å². The van der Waals surface area contributed by atoms with Gasteiger partial charge in [-0.25, -0.2) is 8.42 Å². The summed E-state index contributed by atoms with van der Waals surface area (Å²) >= 11 is 0. The zero-order valence-corrected chi connectivity index (χ0v) is 12.1. The first kappa shape index (κ1) is 13.1. The molecule has 0 atom stereocenters. The second-order valence-electron chi connectivity index (χ2n) is 6.13. The van der Waals surface area contributed by atoms with E-state index in [0.29, 0.717) is 18.5 Å². The fraction of sp³-hybridized carbons (Fsp3) is 0.600. The Balaban J connectivity index is 1.71. The molecule has 1 aromatic rings. The molecule has 2 fully saturated rings. The number of hydrogen-bond donors (Lipinski definition) is 1. The zero-order valence-electron chi connectivity index (χ0n) is 11.3. The maximum absolute atomic E-state index is 12.1. The Hall–Kier alpha value is -0.870. The molecule has 2 aliphatic carbocycles. The first-order chi connectivity index (χ1) is 9.00. The highest BCUT2D eigenvalue weighted by atomic mass is 32.2. The predicted molar refractivity (Wildman–Crippen MR) is 77.0 cm³/mol. The van der Waals surface area contributed by atoms with Crippen molar-refractivity contribution in [3.8, 4) is 0 Å². The molecule has 1 aromatic carbocycles. The van der Waals surface area contributed by atoms with Gasteiger partial charge in [0.25, 0.3) is 0 Å². The third-order valence-electron chi connectivity index (χ3n) is 4.58. The SMILES string of the molecule is CS(=O)(=O)C1(CNC2CC2)CC(c2ccccc2)C1. The minimum atomic E-state index is -3.00. The zero-order chi connectivity index (χ0) is 13.5. The van der Waals surface area contributed by atoms with E-state index in [9.17, 15) is 8.42 Å². The second-order valence-corrected chi connectivity index (χ2v) is 8.54. The molecule has 1 N–H and O–H groups in total. The van der Waals surface area contributed by atoms with Crippen LogP contribution in [0, 0.1) is 0 Å². The van der Waals surface area contributed by atoms with Crippen LogP contribution in [0.1, 0.15) is 37.2 Å². The van der Waals surface area contributed by atoms with E-state index in [4.69, 9.17) is 0 Å². The van der Waals surface area contributed by atoms with Gasteiger partial charge in [0, 0.05) is 18.8 Å². The van der Waals surface area contributed by atoms with Crippen molar-refractivity contribution >= 4 is 9.84 Å². The van der Waals surface area contributed by atoms with Gasteiger partial charge >= 0.3 is 0 Å². The second kappa shape index (κ2) is 4.60. The highest BCUT2D eigenvalue weighted by Crippen LogP contribution is 2.49. The van der Waals surface area contributed by atoms with Gasteiger partial charge in [0.2, 0.25) is 0 Å². The minimum absolute atomic E-state index is 0.400. The van der Waals surface area contributed by atoms with Gasteiger partial charge in [0.15, 0.2) is 9.84 Å². The Morgan fingerprint density at radius 2 is 1.84 bits per heavy atom. The summed E-state index contributed by atoms with van der Waals surface area (Å²) in [6, 6.07) is 10.8. The molecular formula is C15H21NO2S. The molecule has 0 saturated heterocycles. The highest BCUT2D eigenvalue weighted by Gasteiger charge is 2.52. The Bertz CT molecular complexity index is 543. The van der Waals surface area contributed by atoms with Crippen molar-refractivity contribution in [2.75, 3.05) is 12.8 Å². The van der Waals surface area contributed by atoms with Crippen molar-refractivity contribution in [2.45, 2.75) is 42.4 Å². The third-order valence-corrected chi connectivity index (χ3v) is 6.64. The molecule has 0 amide bonds. The fourth-order valence-corrected chi connectivity index (χ4v) is 4.35. The van der Waals surface area contributed by atoms with Crippen molar-refractivity contribution in [3.63, 3.8) is 0 Å². The van der Waals surface area contributed by atoms with Gasteiger partial charge in [-0.05, 0) is 37.2 Å². The maximum Gasteiger partial charge on any atom is 0.154 e. The molecule has 0 aromatic heterocycles. The van der Waals surface area contributed by atoms with Gasteiger partial charge in [0.1, 0.15) is 0 Å². The molecule has 19 heavy (non-hydrogen) atoms. The summed E-state index contributed by atoms with van der Waals surface area (Å²) in [5.74, 6) is 0.400. The molecule has 0 unspecified atom stereocenters. The van der Waals surface area contributed by atoms with Crippen LogP contribution in [0.3, 0.4) is 0 Å². The van der Waals surface area contributed by atoms with Gasteiger partial charge in [-0.2, -0.15) is 0 Å². The lowest BCUT2D eigenvalue weighted by atomic mass is 9.70. The lowest BCUT2D eigenvalue weighted by Gasteiger charge is -2.46. The number of nitrogens with one attached hydrogen (secondary N) is 1. The Labute approximate surface area is 115 Å². The van der Waals surface area contributed by atoms with Crippen LogP contribution in [0.4, 0.5) is 0 Å². The molecule has 104 valence electrons. The van der Waals surface area contributed by atoms with Crippen LogP contribution in [-0.2, 0) is 9.84 Å². The van der Waals surface area contributed by atoms with Crippen molar-refractivity contribution < 1.29 is 8.42 Å². The summed E-state index contributed by atoms with van der Waals surface area (Å²) in [4.78, 5) is 0. The van der Waals surface area contributed by atoms with E-state index in [-0.39, 0.29) is 0 Å². The van der Waals surface area contributed by atoms with Gasteiger partial charge in [-0.3, -0.25) is 0 Å². The maximum atomic E-state index is 12.1. The summed E-state index contributed by atoms with van der Waals surface area (Å²) in [6.07, 6.45) is 5.30. The van der Waals surface area contributed by atoms with Crippen LogP contribution in [0.5, 0.6) is 0 Å². The Morgan fingerprint density at radius 3 is 2.37 bits per heavy atom. The molecule has 3 nitrogen and oxygen atoms in total. The largest absolute Gasteiger partial charge is 0.312 e. The monoisotopic (exact) mass is 279 g/mol. The van der Waals surface area contributed by atoms with Crippen LogP contribution < -0.4 is 5.32 Å². The Morgan fingerprint density at radius 1 is 1.21 bits per heavy atom.